The Morgan fingerprint density at radius 2 is 1.91 bits per heavy atom. The molecule has 0 aliphatic heterocycles. The molecule has 11 heavy (non-hydrogen) atoms. The van der Waals surface area contributed by atoms with Gasteiger partial charge in [0.05, 0.1) is 7.11 Å². The lowest BCUT2D eigenvalue weighted by atomic mass is 10.3. The molecule has 0 N–H and O–H groups in total. The number of para-hydroxylation sites is 1. The average molecular weight is 156 g/mol. The van der Waals surface area contributed by atoms with Crippen LogP contribution in [0.15, 0.2) is 24.3 Å². The molecule has 0 radical (unpaired) electrons. The lowest BCUT2D eigenvalue weighted by molar-refractivity contribution is -0.0979. The summed E-state index contributed by atoms with van der Waals surface area (Å²) in [6, 6.07) is 6.29. The summed E-state index contributed by atoms with van der Waals surface area (Å²) >= 11 is 0. The first-order valence-corrected chi connectivity index (χ1v) is 2.92. The van der Waals surface area contributed by atoms with Crippen LogP contribution < -0.4 is 4.74 Å². The van der Waals surface area contributed by atoms with Crippen LogP contribution >= 0.6 is 0 Å². The summed E-state index contributed by atoms with van der Waals surface area (Å²) < 4.78 is 17.1. The van der Waals surface area contributed by atoms with Crippen LogP contribution in [0.2, 0.25) is 0 Å². The van der Waals surface area contributed by atoms with Gasteiger partial charge in [-0.2, -0.15) is 0 Å². The number of benzene rings is 1. The number of carbonyl (C=O) groups excluding carboxylic acids is 1. The first-order chi connectivity index (χ1) is 5.34. The van der Waals surface area contributed by atoms with Crippen molar-refractivity contribution in [1.29, 1.82) is 0 Å². The summed E-state index contributed by atoms with van der Waals surface area (Å²) in [5.41, 5.74) is 0. The summed E-state index contributed by atoms with van der Waals surface area (Å²) in [6.07, 6.45) is 0. The smallest absolute Gasteiger partial charge is 0.165 e. The van der Waals surface area contributed by atoms with Crippen LogP contribution in [0, 0.1) is 5.82 Å². The Balaban J connectivity index is 0.000000461. The molecule has 0 amide bonds. The fourth-order valence-corrected chi connectivity index (χ4v) is 0.610. The Kier molecular flexibility index (Phi) is 4.73. The van der Waals surface area contributed by atoms with Gasteiger partial charge in [0.1, 0.15) is 6.79 Å². The van der Waals surface area contributed by atoms with E-state index in [-0.39, 0.29) is 11.6 Å². The minimum Gasteiger partial charge on any atom is -0.494 e. The van der Waals surface area contributed by atoms with Crippen LogP contribution in [0.25, 0.3) is 0 Å². The Bertz CT molecular complexity index is 213. The fourth-order valence-electron chi connectivity index (χ4n) is 0.610. The Morgan fingerprint density at radius 1 is 1.36 bits per heavy atom. The molecule has 0 saturated heterocycles. The Hall–Kier alpha value is -1.38. The van der Waals surface area contributed by atoms with Gasteiger partial charge < -0.3 is 9.53 Å². The van der Waals surface area contributed by atoms with Crippen molar-refractivity contribution >= 4 is 6.79 Å². The largest absolute Gasteiger partial charge is 0.494 e. The van der Waals surface area contributed by atoms with Gasteiger partial charge in [-0.1, -0.05) is 12.1 Å². The van der Waals surface area contributed by atoms with Crippen molar-refractivity contribution in [2.75, 3.05) is 7.11 Å². The molecule has 3 heteroatoms. The molecule has 0 aliphatic carbocycles. The lowest BCUT2D eigenvalue weighted by Gasteiger charge is -1.97. The van der Waals surface area contributed by atoms with Gasteiger partial charge in [-0.05, 0) is 12.1 Å². The lowest BCUT2D eigenvalue weighted by Crippen LogP contribution is -1.85. The predicted octanol–water partition coefficient (Wildman–Crippen LogP) is 1.65. The number of rotatable bonds is 1. The molecule has 0 fully saturated rings. The minimum absolute atomic E-state index is 0.289. The topological polar surface area (TPSA) is 26.3 Å². The molecule has 0 heterocycles. The van der Waals surface area contributed by atoms with E-state index in [1.165, 1.54) is 13.2 Å². The maximum Gasteiger partial charge on any atom is 0.165 e. The summed E-state index contributed by atoms with van der Waals surface area (Å²) in [7, 11) is 1.44. The highest BCUT2D eigenvalue weighted by atomic mass is 19.1. The molecule has 0 aliphatic rings. The Labute approximate surface area is 64.6 Å². The number of hydrogen-bond acceptors (Lipinski definition) is 2. The zero-order valence-corrected chi connectivity index (χ0v) is 6.21. The molecule has 0 bridgehead atoms. The predicted molar refractivity (Wildman–Crippen MR) is 40.1 cm³/mol. The van der Waals surface area contributed by atoms with E-state index in [1.807, 2.05) is 6.79 Å². The highest BCUT2D eigenvalue weighted by molar-refractivity contribution is 5.23. The van der Waals surface area contributed by atoms with E-state index in [9.17, 15) is 4.39 Å². The highest BCUT2D eigenvalue weighted by Crippen LogP contribution is 2.13. The first kappa shape index (κ1) is 9.62. The van der Waals surface area contributed by atoms with Crippen LogP contribution in [0.1, 0.15) is 0 Å². The number of carbonyl (C=O) groups is 1. The molecule has 0 unspecified atom stereocenters. The van der Waals surface area contributed by atoms with Crippen LogP contribution in [0.4, 0.5) is 4.39 Å². The van der Waals surface area contributed by atoms with Crippen molar-refractivity contribution in [3.8, 4) is 5.75 Å². The normalized spacial score (nSPS) is 7.82. The zero-order valence-electron chi connectivity index (χ0n) is 6.21. The van der Waals surface area contributed by atoms with E-state index in [0.29, 0.717) is 0 Å². The van der Waals surface area contributed by atoms with Crippen molar-refractivity contribution in [1.82, 2.24) is 0 Å². The molecular weight excluding hydrogens is 147 g/mol. The van der Waals surface area contributed by atoms with Crippen LogP contribution in [0.3, 0.4) is 0 Å². The summed E-state index contributed by atoms with van der Waals surface area (Å²) in [6.45, 7) is 2.00. The van der Waals surface area contributed by atoms with Gasteiger partial charge in [0.25, 0.3) is 0 Å². The van der Waals surface area contributed by atoms with Gasteiger partial charge in [-0.15, -0.1) is 0 Å². The molecule has 1 aromatic rings. The number of halogens is 1. The van der Waals surface area contributed by atoms with Gasteiger partial charge >= 0.3 is 0 Å². The highest BCUT2D eigenvalue weighted by Gasteiger charge is 1.95. The summed E-state index contributed by atoms with van der Waals surface area (Å²) in [4.78, 5) is 8.00. The number of ether oxygens (including phenoxy) is 1. The molecule has 1 aromatic carbocycles. The minimum atomic E-state index is -0.319. The second kappa shape index (κ2) is 5.41. The second-order valence-electron chi connectivity index (χ2n) is 1.63. The second-order valence-corrected chi connectivity index (χ2v) is 1.63. The van der Waals surface area contributed by atoms with Crippen molar-refractivity contribution in [2.45, 2.75) is 0 Å². The summed E-state index contributed by atoms with van der Waals surface area (Å²) in [5, 5.41) is 0. The molecule has 60 valence electrons. The van der Waals surface area contributed by atoms with Gasteiger partial charge in [-0.25, -0.2) is 4.39 Å². The van der Waals surface area contributed by atoms with E-state index >= 15 is 0 Å². The third-order valence-corrected chi connectivity index (χ3v) is 1.06. The van der Waals surface area contributed by atoms with E-state index in [2.05, 4.69) is 4.74 Å². The molecule has 0 aromatic heterocycles. The first-order valence-electron chi connectivity index (χ1n) is 2.92. The molecular formula is C8H9FO2. The molecule has 1 rings (SSSR count). The molecule has 0 saturated carbocycles. The molecule has 0 spiro atoms. The maximum atomic E-state index is 12.5. The van der Waals surface area contributed by atoms with E-state index in [0.717, 1.165) is 0 Å². The Morgan fingerprint density at radius 3 is 2.27 bits per heavy atom. The van der Waals surface area contributed by atoms with Gasteiger partial charge in [0.15, 0.2) is 11.6 Å². The van der Waals surface area contributed by atoms with E-state index in [4.69, 9.17) is 4.79 Å². The molecule has 0 atom stereocenters. The fraction of sp³-hybridized carbons (Fsp3) is 0.125. The third-order valence-electron chi connectivity index (χ3n) is 1.06. The van der Waals surface area contributed by atoms with E-state index < -0.39 is 0 Å². The monoisotopic (exact) mass is 156 g/mol. The zero-order chi connectivity index (χ0) is 8.69. The average Bonchev–Trinajstić information content (AvgIpc) is 2.09. The number of hydrogen-bond donors (Lipinski definition) is 0. The summed E-state index contributed by atoms with van der Waals surface area (Å²) in [5.74, 6) is -0.0301. The van der Waals surface area contributed by atoms with E-state index in [1.54, 1.807) is 18.2 Å². The maximum absolute atomic E-state index is 12.5. The van der Waals surface area contributed by atoms with Gasteiger partial charge in [-0.3, -0.25) is 0 Å². The van der Waals surface area contributed by atoms with Crippen molar-refractivity contribution < 1.29 is 13.9 Å². The van der Waals surface area contributed by atoms with Crippen molar-refractivity contribution in [3.63, 3.8) is 0 Å². The van der Waals surface area contributed by atoms with Crippen LogP contribution in [-0.2, 0) is 4.79 Å². The third kappa shape index (κ3) is 2.80. The van der Waals surface area contributed by atoms with Gasteiger partial charge in [0, 0.05) is 0 Å². The quantitative estimate of drug-likeness (QED) is 0.618. The van der Waals surface area contributed by atoms with Gasteiger partial charge in [0.2, 0.25) is 0 Å². The van der Waals surface area contributed by atoms with Crippen molar-refractivity contribution in [2.24, 2.45) is 0 Å². The molecule has 2 nitrogen and oxygen atoms in total. The standard InChI is InChI=1S/C7H7FO.CH2O/c1-9-7-5-3-2-4-6(7)8;1-2/h2-5H,1H3;1H2. The van der Waals surface area contributed by atoms with Crippen molar-refractivity contribution in [3.05, 3.63) is 30.1 Å². The van der Waals surface area contributed by atoms with Crippen LogP contribution in [0.5, 0.6) is 5.75 Å². The number of methoxy groups -OCH3 is 1. The SMILES string of the molecule is C=O.COc1ccccc1F. The van der Waals surface area contributed by atoms with Crippen LogP contribution in [-0.4, -0.2) is 13.9 Å².